The van der Waals surface area contributed by atoms with Gasteiger partial charge in [-0.3, -0.25) is 9.69 Å². The van der Waals surface area contributed by atoms with E-state index in [4.69, 9.17) is 21.4 Å². The Morgan fingerprint density at radius 1 is 1.30 bits per heavy atom. The molecule has 3 aromatic rings. The first-order valence-corrected chi connectivity index (χ1v) is 12.9. The molecule has 4 heterocycles. The highest BCUT2D eigenvalue weighted by atomic mass is 35.5. The number of carbonyl (C=O) groups is 2. The molecular formula is C23H27ClN4O3S2. The average molecular weight is 507 g/mol. The van der Waals surface area contributed by atoms with Crippen molar-refractivity contribution in [2.24, 2.45) is 0 Å². The van der Waals surface area contributed by atoms with Gasteiger partial charge in [0.05, 0.1) is 27.7 Å². The first-order valence-electron chi connectivity index (χ1n) is 10.7. The molecular weight excluding hydrogens is 480 g/mol. The van der Waals surface area contributed by atoms with Gasteiger partial charge in [0.1, 0.15) is 11.4 Å². The van der Waals surface area contributed by atoms with Crippen LogP contribution in [-0.4, -0.2) is 38.8 Å². The van der Waals surface area contributed by atoms with Gasteiger partial charge >= 0.3 is 6.09 Å². The number of rotatable bonds is 5. The number of anilines is 1. The van der Waals surface area contributed by atoms with Gasteiger partial charge in [0.15, 0.2) is 0 Å². The molecule has 1 unspecified atom stereocenters. The topological polar surface area (TPSA) is 76.5 Å². The highest BCUT2D eigenvalue weighted by Crippen LogP contribution is 2.40. The fraction of sp³-hybridized carbons (Fsp3) is 0.435. The number of thiophene rings is 2. The molecule has 1 aliphatic rings. The molecule has 0 spiro atoms. The van der Waals surface area contributed by atoms with E-state index in [9.17, 15) is 9.59 Å². The third kappa shape index (κ3) is 5.10. The van der Waals surface area contributed by atoms with Crippen LogP contribution >= 0.6 is 34.3 Å². The van der Waals surface area contributed by atoms with Crippen molar-refractivity contribution in [3.63, 3.8) is 0 Å². The Balaban J connectivity index is 1.67. The zero-order valence-electron chi connectivity index (χ0n) is 19.1. The summed E-state index contributed by atoms with van der Waals surface area (Å²) in [6.07, 6.45) is 1.19. The van der Waals surface area contributed by atoms with Crippen molar-refractivity contribution in [1.82, 2.24) is 14.7 Å². The molecule has 3 aromatic heterocycles. The third-order valence-corrected chi connectivity index (χ3v) is 7.46. The Morgan fingerprint density at radius 2 is 2.09 bits per heavy atom. The third-order valence-electron chi connectivity index (χ3n) is 5.55. The molecule has 0 radical (unpaired) electrons. The zero-order valence-corrected chi connectivity index (χ0v) is 21.4. The normalized spacial score (nSPS) is 18.5. The van der Waals surface area contributed by atoms with Gasteiger partial charge < -0.3 is 10.1 Å². The molecule has 1 amide bonds. The molecule has 0 saturated carbocycles. The predicted octanol–water partition coefficient (Wildman–Crippen LogP) is 6.21. The minimum atomic E-state index is -0.675. The molecule has 0 aromatic carbocycles. The first-order chi connectivity index (χ1) is 15.6. The largest absolute Gasteiger partial charge is 0.444 e. The maximum Gasteiger partial charge on any atom is 0.411 e. The number of hydrogen-bond donors (Lipinski definition) is 1. The second-order valence-corrected chi connectivity index (χ2v) is 11.8. The monoisotopic (exact) mass is 506 g/mol. The molecule has 33 heavy (non-hydrogen) atoms. The Labute approximate surface area is 206 Å². The number of halogens is 1. The number of amides is 1. The van der Waals surface area contributed by atoms with Gasteiger partial charge in [0, 0.05) is 22.9 Å². The Morgan fingerprint density at radius 3 is 2.73 bits per heavy atom. The Kier molecular flexibility index (Phi) is 6.57. The van der Waals surface area contributed by atoms with Crippen LogP contribution in [0.5, 0.6) is 0 Å². The highest BCUT2D eigenvalue weighted by molar-refractivity contribution is 7.16. The van der Waals surface area contributed by atoms with Crippen molar-refractivity contribution in [2.45, 2.75) is 58.2 Å². The van der Waals surface area contributed by atoms with Gasteiger partial charge in [-0.25, -0.2) is 4.79 Å². The second kappa shape index (κ2) is 9.12. The molecule has 1 N–H and O–H groups in total. The van der Waals surface area contributed by atoms with Crippen LogP contribution < -0.4 is 5.32 Å². The maximum atomic E-state index is 13.2. The van der Waals surface area contributed by atoms with E-state index < -0.39 is 11.1 Å². The summed E-state index contributed by atoms with van der Waals surface area (Å²) in [4.78, 5) is 28.9. The van der Waals surface area contributed by atoms with Gasteiger partial charge in [-0.05, 0) is 64.1 Å². The fourth-order valence-electron chi connectivity index (χ4n) is 3.90. The molecule has 1 atom stereocenters. The van der Waals surface area contributed by atoms with E-state index in [-0.39, 0.29) is 12.0 Å². The van der Waals surface area contributed by atoms with Crippen LogP contribution in [0.25, 0.3) is 0 Å². The summed E-state index contributed by atoms with van der Waals surface area (Å²) in [6, 6.07) is 7.44. The Bertz CT molecular complexity index is 1150. The summed E-state index contributed by atoms with van der Waals surface area (Å²) in [5.41, 5.74) is -0.0482. The van der Waals surface area contributed by atoms with Crippen molar-refractivity contribution in [2.75, 3.05) is 11.9 Å². The van der Waals surface area contributed by atoms with Crippen LogP contribution in [0.1, 0.15) is 61.5 Å². The lowest BCUT2D eigenvalue weighted by Gasteiger charge is -2.35. The van der Waals surface area contributed by atoms with Crippen LogP contribution in [0.15, 0.2) is 35.0 Å². The van der Waals surface area contributed by atoms with E-state index >= 15 is 0 Å². The molecule has 1 fully saturated rings. The summed E-state index contributed by atoms with van der Waals surface area (Å²) >= 11 is 9.00. The highest BCUT2D eigenvalue weighted by Gasteiger charge is 2.45. The molecule has 176 valence electrons. The molecule has 0 bridgehead atoms. The second-order valence-electron chi connectivity index (χ2n) is 9.21. The van der Waals surface area contributed by atoms with Crippen LogP contribution in [0.4, 0.5) is 10.6 Å². The summed E-state index contributed by atoms with van der Waals surface area (Å²) in [7, 11) is 0. The average Bonchev–Trinajstić information content (AvgIpc) is 3.51. The molecule has 4 rings (SSSR count). The first kappa shape index (κ1) is 23.8. The number of ether oxygens (including phenoxy) is 1. The summed E-state index contributed by atoms with van der Waals surface area (Å²) in [6.45, 7) is 8.62. The van der Waals surface area contributed by atoms with Crippen molar-refractivity contribution in [3.8, 4) is 0 Å². The van der Waals surface area contributed by atoms with Crippen molar-refractivity contribution in [3.05, 3.63) is 55.5 Å². The van der Waals surface area contributed by atoms with Crippen LogP contribution in [0.3, 0.4) is 0 Å². The molecule has 1 aliphatic heterocycles. The van der Waals surface area contributed by atoms with Crippen LogP contribution in [-0.2, 0) is 16.8 Å². The lowest BCUT2D eigenvalue weighted by Crippen LogP contribution is -2.45. The van der Waals surface area contributed by atoms with Gasteiger partial charge in [-0.1, -0.05) is 11.6 Å². The zero-order chi connectivity index (χ0) is 23.8. The molecule has 7 nitrogen and oxygen atoms in total. The molecule has 0 aliphatic carbocycles. The Hall–Kier alpha value is -2.36. The number of aromatic nitrogens is 2. The van der Waals surface area contributed by atoms with Gasteiger partial charge in [-0.15, -0.1) is 11.3 Å². The van der Waals surface area contributed by atoms with Gasteiger partial charge in [-0.2, -0.15) is 21.1 Å². The number of carbonyl (C=O) groups excluding carboxylic acids is 2. The van der Waals surface area contributed by atoms with Crippen molar-refractivity contribution < 1.29 is 14.3 Å². The van der Waals surface area contributed by atoms with Crippen LogP contribution in [0, 0.1) is 0 Å². The minimum Gasteiger partial charge on any atom is -0.444 e. The number of nitrogens with zero attached hydrogens (tertiary/aromatic N) is 3. The fourth-order valence-corrected chi connectivity index (χ4v) is 5.55. The molecule has 1 saturated heterocycles. The standard InChI is InChI=1S/C23H27ClN4O3S2/c1-22(2,3)31-21(30)27-10-5-9-23(27,4)17-12-19(25-13-16-6-7-18(24)33-16)28(26-17)20(29)15-8-11-32-14-15/h6-8,11-12,14,25H,5,9-10,13H2,1-4H3. The summed E-state index contributed by atoms with van der Waals surface area (Å²) in [5, 5.41) is 11.7. The SMILES string of the molecule is CC(C)(C)OC(=O)N1CCCC1(C)c1cc(NCc2ccc(Cl)s2)n(C(=O)c2ccsc2)n1. The maximum absolute atomic E-state index is 13.2. The molecule has 10 heteroatoms. The minimum absolute atomic E-state index is 0.223. The van der Waals surface area contributed by atoms with E-state index in [1.807, 2.05) is 51.3 Å². The summed E-state index contributed by atoms with van der Waals surface area (Å²) in [5.74, 6) is 0.350. The number of nitrogens with one attached hydrogen (secondary N) is 1. The lowest BCUT2D eigenvalue weighted by molar-refractivity contribution is 0.00922. The van der Waals surface area contributed by atoms with E-state index in [1.165, 1.54) is 27.4 Å². The van der Waals surface area contributed by atoms with Gasteiger partial charge in [0.25, 0.3) is 5.91 Å². The quantitative estimate of drug-likeness (QED) is 0.445. The van der Waals surface area contributed by atoms with E-state index in [1.54, 1.807) is 16.3 Å². The lowest BCUT2D eigenvalue weighted by atomic mass is 9.95. The number of hydrogen-bond acceptors (Lipinski definition) is 7. The number of likely N-dealkylation sites (tertiary alicyclic amines) is 1. The van der Waals surface area contributed by atoms with E-state index in [0.29, 0.717) is 34.5 Å². The van der Waals surface area contributed by atoms with E-state index in [2.05, 4.69) is 5.32 Å². The van der Waals surface area contributed by atoms with Gasteiger partial charge in [0.2, 0.25) is 0 Å². The van der Waals surface area contributed by atoms with Crippen molar-refractivity contribution in [1.29, 1.82) is 0 Å². The van der Waals surface area contributed by atoms with E-state index in [0.717, 1.165) is 17.7 Å². The smallest absolute Gasteiger partial charge is 0.411 e. The van der Waals surface area contributed by atoms with Crippen LogP contribution in [0.2, 0.25) is 4.34 Å². The summed E-state index contributed by atoms with van der Waals surface area (Å²) < 4.78 is 7.75. The predicted molar refractivity (Wildman–Crippen MR) is 132 cm³/mol. The van der Waals surface area contributed by atoms with Crippen molar-refractivity contribution >= 4 is 52.1 Å².